The number of amides is 1. The Balaban J connectivity index is 1.90. The summed E-state index contributed by atoms with van der Waals surface area (Å²) in [5.41, 5.74) is 0.783. The first kappa shape index (κ1) is 14.3. The first-order valence-electron chi connectivity index (χ1n) is 7.43. The number of ketones is 1. The zero-order chi connectivity index (χ0) is 14.8. The van der Waals surface area contributed by atoms with Crippen LogP contribution in [0.2, 0.25) is 0 Å². The molecular weight excluding hydrogens is 282 g/mol. The maximum Gasteiger partial charge on any atom is 0.255 e. The van der Waals surface area contributed by atoms with Crippen LogP contribution in [-0.2, 0) is 4.79 Å². The molecule has 1 amide bonds. The molecule has 3 nitrogen and oxygen atoms in total. The van der Waals surface area contributed by atoms with Gasteiger partial charge < -0.3 is 4.90 Å². The average Bonchev–Trinajstić information content (AvgIpc) is 2.90. The predicted octanol–water partition coefficient (Wildman–Crippen LogP) is 3.88. The molecule has 0 N–H and O–H groups in total. The number of rotatable bonds is 3. The van der Waals surface area contributed by atoms with E-state index in [9.17, 15) is 9.59 Å². The van der Waals surface area contributed by atoms with E-state index >= 15 is 0 Å². The molecule has 0 bridgehead atoms. The van der Waals surface area contributed by atoms with Crippen molar-refractivity contribution in [3.63, 3.8) is 0 Å². The maximum absolute atomic E-state index is 12.9. The van der Waals surface area contributed by atoms with Gasteiger partial charge in [0.2, 0.25) is 0 Å². The monoisotopic (exact) mass is 301 g/mol. The third kappa shape index (κ3) is 2.86. The highest BCUT2D eigenvalue weighted by Gasteiger charge is 2.29. The van der Waals surface area contributed by atoms with Gasteiger partial charge in [0.15, 0.2) is 0 Å². The number of benzene rings is 1. The van der Waals surface area contributed by atoms with Gasteiger partial charge in [-0.3, -0.25) is 9.59 Å². The molecule has 0 radical (unpaired) electrons. The molecule has 0 aliphatic carbocycles. The number of piperidine rings is 1. The lowest BCUT2D eigenvalue weighted by Gasteiger charge is -2.35. The lowest BCUT2D eigenvalue weighted by molar-refractivity contribution is -0.118. The fourth-order valence-corrected chi connectivity index (χ4v) is 4.04. The van der Waals surface area contributed by atoms with Crippen molar-refractivity contribution in [3.05, 3.63) is 35.2 Å². The Morgan fingerprint density at radius 2 is 2.10 bits per heavy atom. The van der Waals surface area contributed by atoms with Crippen molar-refractivity contribution in [2.75, 3.05) is 6.54 Å². The molecule has 1 unspecified atom stereocenters. The number of carbonyl (C=O) groups is 2. The van der Waals surface area contributed by atoms with E-state index < -0.39 is 0 Å². The standard InChI is InChI=1S/C17H19NO2S/c1-12(19)10-13-6-4-5-9-18(13)17(20)15-11-21-16-8-3-2-7-14(15)16/h2-3,7-8,11,13H,4-6,9-10H2,1H3. The zero-order valence-electron chi connectivity index (χ0n) is 12.2. The molecule has 1 fully saturated rings. The first-order chi connectivity index (χ1) is 10.2. The smallest absolute Gasteiger partial charge is 0.255 e. The van der Waals surface area contributed by atoms with Crippen LogP contribution in [0.15, 0.2) is 29.6 Å². The number of likely N-dealkylation sites (tertiary alicyclic amines) is 1. The topological polar surface area (TPSA) is 37.4 Å². The predicted molar refractivity (Wildman–Crippen MR) is 85.8 cm³/mol. The summed E-state index contributed by atoms with van der Waals surface area (Å²) in [4.78, 5) is 26.2. The Kier molecular flexibility index (Phi) is 4.06. The van der Waals surface area contributed by atoms with E-state index in [-0.39, 0.29) is 17.7 Å². The molecule has 4 heteroatoms. The lowest BCUT2D eigenvalue weighted by atomic mass is 9.96. The number of fused-ring (bicyclic) bond motifs is 1. The molecule has 2 aromatic rings. The summed E-state index contributed by atoms with van der Waals surface area (Å²) in [6, 6.07) is 8.08. The van der Waals surface area contributed by atoms with Crippen molar-refractivity contribution in [3.8, 4) is 0 Å². The Bertz CT molecular complexity index is 676. The number of Topliss-reactive ketones (excluding diaryl/α,β-unsaturated/α-hetero) is 1. The van der Waals surface area contributed by atoms with Crippen LogP contribution in [0.1, 0.15) is 43.0 Å². The van der Waals surface area contributed by atoms with Crippen molar-refractivity contribution in [2.45, 2.75) is 38.6 Å². The third-order valence-corrected chi connectivity index (χ3v) is 5.09. The van der Waals surface area contributed by atoms with Gasteiger partial charge in [0.1, 0.15) is 5.78 Å². The Labute approximate surface area is 128 Å². The molecule has 1 saturated heterocycles. The van der Waals surface area contributed by atoms with E-state index in [2.05, 4.69) is 0 Å². The third-order valence-electron chi connectivity index (χ3n) is 4.12. The molecule has 0 saturated carbocycles. The fraction of sp³-hybridized carbons (Fsp3) is 0.412. The first-order valence-corrected chi connectivity index (χ1v) is 8.31. The lowest BCUT2D eigenvalue weighted by Crippen LogP contribution is -2.44. The summed E-state index contributed by atoms with van der Waals surface area (Å²) >= 11 is 1.61. The molecule has 1 aliphatic heterocycles. The average molecular weight is 301 g/mol. The van der Waals surface area contributed by atoms with E-state index in [0.717, 1.165) is 41.5 Å². The minimum absolute atomic E-state index is 0.0717. The van der Waals surface area contributed by atoms with Crippen LogP contribution in [0, 0.1) is 0 Å². The summed E-state index contributed by atoms with van der Waals surface area (Å²) in [6.07, 6.45) is 3.55. The SMILES string of the molecule is CC(=O)CC1CCCCN1C(=O)c1csc2ccccc12. The number of hydrogen-bond acceptors (Lipinski definition) is 3. The largest absolute Gasteiger partial charge is 0.335 e. The Hall–Kier alpha value is -1.68. The molecule has 1 aromatic heterocycles. The Morgan fingerprint density at radius 3 is 2.90 bits per heavy atom. The van der Waals surface area contributed by atoms with Crippen molar-refractivity contribution in [1.82, 2.24) is 4.90 Å². The second-order valence-corrected chi connectivity index (χ2v) is 6.61. The zero-order valence-corrected chi connectivity index (χ0v) is 13.0. The second kappa shape index (κ2) is 5.98. The van der Waals surface area contributed by atoms with Crippen LogP contribution < -0.4 is 0 Å². The molecule has 1 aromatic carbocycles. The molecule has 110 valence electrons. The van der Waals surface area contributed by atoms with E-state index in [1.807, 2.05) is 34.5 Å². The summed E-state index contributed by atoms with van der Waals surface area (Å²) in [6.45, 7) is 2.37. The minimum atomic E-state index is 0.0717. The quantitative estimate of drug-likeness (QED) is 0.863. The van der Waals surface area contributed by atoms with Gasteiger partial charge in [-0.2, -0.15) is 0 Å². The highest BCUT2D eigenvalue weighted by Crippen LogP contribution is 2.29. The van der Waals surface area contributed by atoms with E-state index in [0.29, 0.717) is 6.42 Å². The summed E-state index contributed by atoms with van der Waals surface area (Å²) in [7, 11) is 0. The molecule has 3 rings (SSSR count). The molecule has 0 spiro atoms. The highest BCUT2D eigenvalue weighted by atomic mass is 32.1. The molecular formula is C17H19NO2S. The van der Waals surface area contributed by atoms with Gasteiger partial charge in [-0.1, -0.05) is 18.2 Å². The summed E-state index contributed by atoms with van der Waals surface area (Å²) in [5, 5.41) is 2.98. The number of nitrogens with zero attached hydrogens (tertiary/aromatic N) is 1. The molecule has 1 atom stereocenters. The van der Waals surface area contributed by atoms with Crippen molar-refractivity contribution in [1.29, 1.82) is 0 Å². The van der Waals surface area contributed by atoms with Crippen molar-refractivity contribution < 1.29 is 9.59 Å². The molecule has 21 heavy (non-hydrogen) atoms. The van der Waals surface area contributed by atoms with Crippen LogP contribution in [0.25, 0.3) is 10.1 Å². The number of carbonyl (C=O) groups excluding carboxylic acids is 2. The number of hydrogen-bond donors (Lipinski definition) is 0. The maximum atomic E-state index is 12.9. The Morgan fingerprint density at radius 1 is 1.29 bits per heavy atom. The fourth-order valence-electron chi connectivity index (χ4n) is 3.11. The van der Waals surface area contributed by atoms with E-state index in [4.69, 9.17) is 0 Å². The molecule has 2 heterocycles. The van der Waals surface area contributed by atoms with Gasteiger partial charge >= 0.3 is 0 Å². The van der Waals surface area contributed by atoms with Crippen LogP contribution in [0.4, 0.5) is 0 Å². The van der Waals surface area contributed by atoms with Crippen molar-refractivity contribution in [2.24, 2.45) is 0 Å². The van der Waals surface area contributed by atoms with Crippen LogP contribution in [0.3, 0.4) is 0 Å². The summed E-state index contributed by atoms with van der Waals surface area (Å²) in [5.74, 6) is 0.244. The van der Waals surface area contributed by atoms with Gasteiger partial charge in [0.05, 0.1) is 5.56 Å². The van der Waals surface area contributed by atoms with Crippen LogP contribution in [-0.4, -0.2) is 29.2 Å². The van der Waals surface area contributed by atoms with Gasteiger partial charge in [-0.25, -0.2) is 0 Å². The van der Waals surface area contributed by atoms with Gasteiger partial charge in [0.25, 0.3) is 5.91 Å². The highest BCUT2D eigenvalue weighted by molar-refractivity contribution is 7.17. The van der Waals surface area contributed by atoms with Crippen LogP contribution >= 0.6 is 11.3 Å². The van der Waals surface area contributed by atoms with Gasteiger partial charge in [0, 0.05) is 34.5 Å². The minimum Gasteiger partial charge on any atom is -0.335 e. The van der Waals surface area contributed by atoms with E-state index in [1.54, 1.807) is 18.3 Å². The second-order valence-electron chi connectivity index (χ2n) is 5.70. The number of thiophene rings is 1. The van der Waals surface area contributed by atoms with Crippen molar-refractivity contribution >= 4 is 33.1 Å². The molecule has 1 aliphatic rings. The van der Waals surface area contributed by atoms with E-state index in [1.165, 1.54) is 0 Å². The normalized spacial score (nSPS) is 18.9. The van der Waals surface area contributed by atoms with Gasteiger partial charge in [-0.05, 0) is 32.3 Å². The van der Waals surface area contributed by atoms with Crippen LogP contribution in [0.5, 0.6) is 0 Å². The summed E-state index contributed by atoms with van der Waals surface area (Å²) < 4.78 is 1.14. The van der Waals surface area contributed by atoms with Gasteiger partial charge in [-0.15, -0.1) is 11.3 Å².